The van der Waals surface area contributed by atoms with Crippen molar-refractivity contribution in [3.05, 3.63) is 22.7 Å². The first-order chi connectivity index (χ1) is 9.36. The normalized spacial score (nSPS) is 25.9. The molecule has 0 bridgehead atoms. The molecule has 6 nitrogen and oxygen atoms in total. The minimum Gasteiger partial charge on any atom is -0.481 e. The van der Waals surface area contributed by atoms with Crippen LogP contribution in [0, 0.1) is 5.41 Å². The van der Waals surface area contributed by atoms with Crippen molar-refractivity contribution in [2.45, 2.75) is 52.1 Å². The van der Waals surface area contributed by atoms with Gasteiger partial charge in [-0.25, -0.2) is 4.98 Å². The van der Waals surface area contributed by atoms with Gasteiger partial charge >= 0.3 is 5.97 Å². The highest BCUT2D eigenvalue weighted by atomic mass is 16.4. The second-order valence-corrected chi connectivity index (χ2v) is 5.89. The van der Waals surface area contributed by atoms with Gasteiger partial charge in [0, 0.05) is 24.5 Å². The predicted molar refractivity (Wildman–Crippen MR) is 75.9 cm³/mol. The number of nitrogens with zero attached hydrogens (tertiary/aromatic N) is 2. The Hall–Kier alpha value is -1.85. The number of carbonyl (C=O) groups is 1. The van der Waals surface area contributed by atoms with E-state index in [1.807, 2.05) is 13.8 Å². The summed E-state index contributed by atoms with van der Waals surface area (Å²) in [5.74, 6) is -0.590. The largest absolute Gasteiger partial charge is 0.481 e. The Balaban J connectivity index is 2.29. The fraction of sp³-hybridized carbons (Fsp3) is 0.643. The van der Waals surface area contributed by atoms with Gasteiger partial charge in [0.05, 0.1) is 5.41 Å². The first-order valence-corrected chi connectivity index (χ1v) is 6.93. The van der Waals surface area contributed by atoms with E-state index in [0.717, 1.165) is 12.8 Å². The molecule has 110 valence electrons. The standard InChI is InChI=1S/C14H21N3O3/c1-9(2)17-8-7-15-11(12(17)18)16-10-5-4-6-14(10,3)13(19)20/h7-10H,4-6H2,1-3H3,(H,15,16)(H,19,20). The molecule has 2 rings (SSSR count). The van der Waals surface area contributed by atoms with E-state index in [0.29, 0.717) is 6.42 Å². The Morgan fingerprint density at radius 2 is 2.30 bits per heavy atom. The monoisotopic (exact) mass is 279 g/mol. The summed E-state index contributed by atoms with van der Waals surface area (Å²) < 4.78 is 1.59. The number of carboxylic acids is 1. The summed E-state index contributed by atoms with van der Waals surface area (Å²) in [6.45, 7) is 5.56. The van der Waals surface area contributed by atoms with E-state index < -0.39 is 11.4 Å². The van der Waals surface area contributed by atoms with Crippen LogP contribution >= 0.6 is 0 Å². The maximum Gasteiger partial charge on any atom is 0.311 e. The van der Waals surface area contributed by atoms with E-state index in [1.165, 1.54) is 0 Å². The van der Waals surface area contributed by atoms with Crippen LogP contribution in [0.25, 0.3) is 0 Å². The second-order valence-electron chi connectivity index (χ2n) is 5.89. The van der Waals surface area contributed by atoms with Crippen LogP contribution < -0.4 is 10.9 Å². The van der Waals surface area contributed by atoms with Gasteiger partial charge in [-0.05, 0) is 33.6 Å². The Kier molecular flexibility index (Phi) is 3.83. The van der Waals surface area contributed by atoms with Crippen molar-refractivity contribution in [2.75, 3.05) is 5.32 Å². The zero-order valence-electron chi connectivity index (χ0n) is 12.1. The van der Waals surface area contributed by atoms with Crippen LogP contribution in [0.4, 0.5) is 5.82 Å². The van der Waals surface area contributed by atoms with E-state index >= 15 is 0 Å². The molecule has 1 saturated carbocycles. The van der Waals surface area contributed by atoms with Gasteiger partial charge in [0.2, 0.25) is 0 Å². The van der Waals surface area contributed by atoms with Gasteiger partial charge in [0.1, 0.15) is 0 Å². The molecule has 0 amide bonds. The second kappa shape index (κ2) is 5.26. The molecule has 1 fully saturated rings. The average molecular weight is 279 g/mol. The lowest BCUT2D eigenvalue weighted by atomic mass is 9.85. The first kappa shape index (κ1) is 14.6. The number of aromatic nitrogens is 2. The van der Waals surface area contributed by atoms with Gasteiger partial charge < -0.3 is 15.0 Å². The van der Waals surface area contributed by atoms with Gasteiger partial charge in [-0.15, -0.1) is 0 Å². The van der Waals surface area contributed by atoms with Crippen molar-refractivity contribution in [3.8, 4) is 0 Å². The Bertz CT molecular complexity index is 567. The highest BCUT2D eigenvalue weighted by Gasteiger charge is 2.45. The average Bonchev–Trinajstić information content (AvgIpc) is 2.74. The molecule has 0 spiro atoms. The third kappa shape index (κ3) is 2.42. The van der Waals surface area contributed by atoms with E-state index in [-0.39, 0.29) is 23.5 Å². The summed E-state index contributed by atoms with van der Waals surface area (Å²) in [4.78, 5) is 27.8. The van der Waals surface area contributed by atoms with Crippen LogP contribution in [0.3, 0.4) is 0 Å². The topological polar surface area (TPSA) is 84.2 Å². The van der Waals surface area contributed by atoms with Gasteiger partial charge in [0.25, 0.3) is 5.56 Å². The van der Waals surface area contributed by atoms with Crippen molar-refractivity contribution in [1.29, 1.82) is 0 Å². The quantitative estimate of drug-likeness (QED) is 0.879. The van der Waals surface area contributed by atoms with Crippen molar-refractivity contribution in [1.82, 2.24) is 9.55 Å². The highest BCUT2D eigenvalue weighted by Crippen LogP contribution is 2.39. The Morgan fingerprint density at radius 3 is 2.90 bits per heavy atom. The smallest absolute Gasteiger partial charge is 0.311 e. The maximum absolute atomic E-state index is 12.3. The molecule has 1 heterocycles. The lowest BCUT2D eigenvalue weighted by Gasteiger charge is -2.28. The summed E-state index contributed by atoms with van der Waals surface area (Å²) in [6.07, 6.45) is 5.40. The van der Waals surface area contributed by atoms with Crippen molar-refractivity contribution in [2.24, 2.45) is 5.41 Å². The third-order valence-corrected chi connectivity index (χ3v) is 4.18. The minimum absolute atomic E-state index is 0.0421. The van der Waals surface area contributed by atoms with Crippen LogP contribution in [0.15, 0.2) is 17.2 Å². The molecule has 20 heavy (non-hydrogen) atoms. The van der Waals surface area contributed by atoms with Gasteiger partial charge in [0.15, 0.2) is 5.82 Å². The van der Waals surface area contributed by atoms with Crippen LogP contribution in [-0.2, 0) is 4.79 Å². The van der Waals surface area contributed by atoms with E-state index in [1.54, 1.807) is 23.9 Å². The van der Waals surface area contributed by atoms with Crippen molar-refractivity contribution >= 4 is 11.8 Å². The van der Waals surface area contributed by atoms with E-state index in [9.17, 15) is 14.7 Å². The molecule has 1 aliphatic carbocycles. The lowest BCUT2D eigenvalue weighted by Crippen LogP contribution is -2.42. The summed E-state index contributed by atoms with van der Waals surface area (Å²) in [6, 6.07) is -0.219. The molecule has 1 aromatic heterocycles. The predicted octanol–water partition coefficient (Wildman–Crippen LogP) is 1.88. The number of anilines is 1. The zero-order chi connectivity index (χ0) is 14.9. The van der Waals surface area contributed by atoms with Gasteiger partial charge in [-0.2, -0.15) is 0 Å². The number of hydrogen-bond donors (Lipinski definition) is 2. The minimum atomic E-state index is -0.841. The van der Waals surface area contributed by atoms with Crippen LogP contribution in [0.2, 0.25) is 0 Å². The molecule has 0 aliphatic heterocycles. The lowest BCUT2D eigenvalue weighted by molar-refractivity contribution is -0.147. The summed E-state index contributed by atoms with van der Waals surface area (Å²) >= 11 is 0. The van der Waals surface area contributed by atoms with Crippen molar-refractivity contribution in [3.63, 3.8) is 0 Å². The molecule has 0 aromatic carbocycles. The number of aliphatic carboxylic acids is 1. The molecule has 2 N–H and O–H groups in total. The van der Waals surface area contributed by atoms with Crippen LogP contribution in [-0.4, -0.2) is 26.7 Å². The molecule has 1 aromatic rings. The molecule has 1 aliphatic rings. The molecular formula is C14H21N3O3. The number of hydrogen-bond acceptors (Lipinski definition) is 4. The maximum atomic E-state index is 12.3. The number of nitrogens with one attached hydrogen (secondary N) is 1. The Morgan fingerprint density at radius 1 is 1.60 bits per heavy atom. The molecular weight excluding hydrogens is 258 g/mol. The Labute approximate surface area is 117 Å². The molecule has 2 unspecified atom stereocenters. The molecule has 0 saturated heterocycles. The van der Waals surface area contributed by atoms with Crippen LogP contribution in [0.1, 0.15) is 46.1 Å². The van der Waals surface area contributed by atoms with E-state index in [4.69, 9.17) is 0 Å². The summed E-state index contributed by atoms with van der Waals surface area (Å²) in [7, 11) is 0. The summed E-state index contributed by atoms with van der Waals surface area (Å²) in [5.41, 5.74) is -1.05. The zero-order valence-corrected chi connectivity index (χ0v) is 12.1. The third-order valence-electron chi connectivity index (χ3n) is 4.18. The van der Waals surface area contributed by atoms with Crippen molar-refractivity contribution < 1.29 is 9.90 Å². The summed E-state index contributed by atoms with van der Waals surface area (Å²) in [5, 5.41) is 12.4. The molecule has 0 radical (unpaired) electrons. The highest BCUT2D eigenvalue weighted by molar-refractivity contribution is 5.76. The van der Waals surface area contributed by atoms with Crippen LogP contribution in [0.5, 0.6) is 0 Å². The SMILES string of the molecule is CC(C)n1ccnc(NC2CCCC2(C)C(=O)O)c1=O. The molecule has 2 atom stereocenters. The van der Waals surface area contributed by atoms with Gasteiger partial charge in [-0.3, -0.25) is 9.59 Å². The number of carboxylic acid groups (broad SMARTS) is 1. The number of rotatable bonds is 4. The van der Waals surface area contributed by atoms with E-state index in [2.05, 4.69) is 10.3 Å². The fourth-order valence-electron chi connectivity index (χ4n) is 2.75. The fourth-order valence-corrected chi connectivity index (χ4v) is 2.75. The molecule has 6 heteroatoms. The van der Waals surface area contributed by atoms with Gasteiger partial charge in [-0.1, -0.05) is 6.42 Å². The first-order valence-electron chi connectivity index (χ1n) is 6.93.